The van der Waals surface area contributed by atoms with E-state index in [9.17, 15) is 90.1 Å². The third-order valence-electron chi connectivity index (χ3n) is 10.5. The van der Waals surface area contributed by atoms with Gasteiger partial charge in [-0.2, -0.15) is 65.9 Å². The fourth-order valence-corrected chi connectivity index (χ4v) is 7.67. The Morgan fingerprint density at radius 2 is 1.02 bits per heavy atom. The molecule has 13 nitrogen and oxygen atoms in total. The molecule has 6 aromatic rings. The van der Waals surface area contributed by atoms with E-state index in [-0.39, 0.29) is 65.6 Å². The topological polar surface area (TPSA) is 206 Å². The zero-order valence-electron chi connectivity index (χ0n) is 43.4. The Bertz CT molecular complexity index is 3280. The van der Waals surface area contributed by atoms with Gasteiger partial charge in [0, 0.05) is 34.9 Å². The Morgan fingerprint density at radius 1 is 0.627 bits per heavy atom. The van der Waals surface area contributed by atoms with Crippen LogP contribution in [-0.2, 0) is 57.9 Å². The summed E-state index contributed by atoms with van der Waals surface area (Å²) in [6.07, 6.45) is -22.7. The first-order valence-corrected chi connectivity index (χ1v) is 29.0. The van der Waals surface area contributed by atoms with Gasteiger partial charge < -0.3 is 32.0 Å². The first-order valence-electron chi connectivity index (χ1n) is 23.0. The molecule has 8 rings (SSSR count). The molecule has 0 saturated heterocycles. The Kier molecular flexibility index (Phi) is 26.1. The number of carbonyl (C=O) groups is 2. The van der Waals surface area contributed by atoms with Gasteiger partial charge in [0.15, 0.2) is 0 Å². The summed E-state index contributed by atoms with van der Waals surface area (Å²) in [6.45, 7) is 11.6. The number of nitro groups is 1. The molecule has 0 unspecified atom stereocenters. The molecular weight excluding hydrogens is 1370 g/mol. The number of carbonyl (C=O) groups excluding carboxylic acids is 2. The van der Waals surface area contributed by atoms with Crippen molar-refractivity contribution >= 4 is 130 Å². The zero-order valence-corrected chi connectivity index (χ0v) is 49.5. The lowest BCUT2D eigenvalue weighted by molar-refractivity contribution is -0.384. The number of aromatic nitrogens is 2. The second-order valence-electron chi connectivity index (χ2n) is 17.6. The van der Waals surface area contributed by atoms with Gasteiger partial charge in [-0.25, -0.2) is 4.98 Å². The van der Waals surface area contributed by atoms with Gasteiger partial charge in [-0.1, -0.05) is 66.8 Å². The van der Waals surface area contributed by atoms with Gasteiger partial charge in [0.05, 0.1) is 62.5 Å². The average Bonchev–Trinajstić information content (AvgIpc) is 2.68. The molecule has 0 radical (unpaired) electrons. The van der Waals surface area contributed by atoms with Crippen LogP contribution in [0.3, 0.4) is 0 Å². The smallest absolute Gasteiger partial charge is 0.397 e. The molecule has 460 valence electrons. The number of nitrogens with two attached hydrogens (primary N) is 3. The number of imidazole rings is 1. The maximum absolute atomic E-state index is 12.8. The van der Waals surface area contributed by atoms with Crippen molar-refractivity contribution < 1.29 is 86.4 Å². The quantitative estimate of drug-likeness (QED) is 0.0253. The van der Waals surface area contributed by atoms with Crippen molar-refractivity contribution in [2.75, 3.05) is 27.4 Å². The highest BCUT2D eigenvalue weighted by Crippen LogP contribution is 2.61. The molecule has 34 heteroatoms. The van der Waals surface area contributed by atoms with E-state index in [1.54, 1.807) is 30.5 Å². The highest BCUT2D eigenvalue weighted by atomic mass is 127. The van der Waals surface area contributed by atoms with Crippen LogP contribution in [0.5, 0.6) is 0 Å². The lowest BCUT2D eigenvalue weighted by atomic mass is 10.0. The summed E-state index contributed by atoms with van der Waals surface area (Å²) in [5.74, 6) is -0.664. The Hall–Kier alpha value is -5.62. The van der Waals surface area contributed by atoms with E-state index in [0.29, 0.717) is 17.3 Å². The van der Waals surface area contributed by atoms with Gasteiger partial charge in [-0.05, 0) is 139 Å². The van der Waals surface area contributed by atoms with E-state index >= 15 is 0 Å². The number of hydrogen-bond donors (Lipinski definition) is 4. The van der Waals surface area contributed by atoms with Crippen LogP contribution in [0, 0.1) is 10.1 Å². The van der Waals surface area contributed by atoms with E-state index in [4.69, 9.17) is 28.8 Å². The minimum Gasteiger partial charge on any atom is -0.397 e. The van der Waals surface area contributed by atoms with Gasteiger partial charge in [-0.15, -0.1) is 0 Å². The predicted molar refractivity (Wildman–Crippen MR) is 301 cm³/mol. The number of nitrogens with zero attached hydrogens (tertiary/aromatic N) is 4. The first kappa shape index (κ1) is 73.5. The predicted octanol–water partition coefficient (Wildman–Crippen LogP) is 18.4. The SMILES string of the molecule is CC(C)I.CC(C)N1C(=O)Cc2c1cccc2C(F)(F)F.CC(C)n1c(Cl)nc2c(C(F)(F)F)cccc21.Nc1c([N+](=O)[O-])cccc1C(F)(F)F.Nc1cccc(C(F)(F)F)c1N.O=C1Cc2c(cccc2C(F)(F)F)N1.O=P(Cl)(Cl)Cl.[HH]. The number of anilines is 5. The summed E-state index contributed by atoms with van der Waals surface area (Å²) < 4.78 is 199. The second kappa shape index (κ2) is 29.5. The van der Waals surface area contributed by atoms with E-state index in [0.717, 1.165) is 40.3 Å². The highest BCUT2D eigenvalue weighted by Gasteiger charge is 2.41. The maximum Gasteiger partial charge on any atom is 0.418 e. The number of hydrogen-bond acceptors (Lipinski definition) is 9. The van der Waals surface area contributed by atoms with Gasteiger partial charge >= 0.3 is 36.1 Å². The zero-order chi connectivity index (χ0) is 64.3. The molecule has 0 fully saturated rings. The van der Waals surface area contributed by atoms with Crippen LogP contribution in [0.25, 0.3) is 11.0 Å². The number of rotatable bonds is 3. The third kappa shape index (κ3) is 22.1. The number of nitro benzene ring substituents is 1. The molecule has 2 amide bonds. The average molecular weight is 1410 g/mol. The number of benzene rings is 5. The lowest BCUT2D eigenvalue weighted by Gasteiger charge is -2.22. The van der Waals surface area contributed by atoms with Crippen LogP contribution >= 0.6 is 73.1 Å². The molecule has 0 bridgehead atoms. The van der Waals surface area contributed by atoms with Crippen molar-refractivity contribution in [3.63, 3.8) is 0 Å². The van der Waals surface area contributed by atoms with E-state index < -0.39 is 91.8 Å². The van der Waals surface area contributed by atoms with Crippen molar-refractivity contribution in [2.45, 2.75) is 101 Å². The molecular formula is C49H49Cl4F15IN8O5P. The number of alkyl halides is 16. The standard InChI is InChI=1S/C12H12F3NO.C11H10ClF3N2.C9H6F3NO.C7H5F3N2O2.C7H7F3N2.C3H7I.Cl3OP.H2/c1-7(2)16-10-5-3-4-9(12(13,14)15)8(10)6-11(16)17;1-6(2)17-8-5-3-4-7(11(13,14)15)9(8)16-10(17)12;10-9(11,12)6-2-1-3-7-5(6)4-8(14)13-7;8-7(9,10)4-2-1-3-5(6(4)11)12(13)14;8-7(9,10)4-2-1-3-5(11)6(4)12;1-3(2)4;1-5(2,3)4;/h3-5,7H,6H2,1-2H3;3-6H,1-2H3;1-3H,4H2,(H,13,14);1-3H,11H2;1-3H,11-12H2;3H,1-2H3;;1H. The normalized spacial score (nSPS) is 13.1. The summed E-state index contributed by atoms with van der Waals surface area (Å²) in [5, 5.41) is 9.48. The summed E-state index contributed by atoms with van der Waals surface area (Å²) in [5.41, 5.74) is 10.1. The largest absolute Gasteiger partial charge is 0.418 e. The molecule has 0 aliphatic carbocycles. The number of halogens is 20. The van der Waals surface area contributed by atoms with Crippen molar-refractivity contribution in [1.29, 1.82) is 0 Å². The van der Waals surface area contributed by atoms with Crippen LogP contribution in [0.15, 0.2) is 91.0 Å². The summed E-state index contributed by atoms with van der Waals surface area (Å²) in [4.78, 5) is 37.1. The molecule has 1 aromatic heterocycles. The Labute approximate surface area is 497 Å². The number of para-hydroxylation sites is 3. The first-order chi connectivity index (χ1) is 37.6. The number of nitrogens with one attached hydrogen (secondary N) is 1. The number of nitrogen functional groups attached to an aromatic ring is 3. The third-order valence-corrected chi connectivity index (χ3v) is 10.7. The van der Waals surface area contributed by atoms with Crippen LogP contribution in [0.4, 0.5) is 100.0 Å². The number of fused-ring (bicyclic) bond motifs is 3. The van der Waals surface area contributed by atoms with E-state index in [2.05, 4.69) is 80.5 Å². The molecule has 2 aliphatic rings. The van der Waals surface area contributed by atoms with Crippen LogP contribution < -0.4 is 27.4 Å². The minimum atomic E-state index is -4.67. The lowest BCUT2D eigenvalue weighted by Crippen LogP contribution is -2.33. The van der Waals surface area contributed by atoms with Gasteiger partial charge in [0.1, 0.15) is 11.2 Å². The van der Waals surface area contributed by atoms with Crippen molar-refractivity contribution in [3.8, 4) is 0 Å². The summed E-state index contributed by atoms with van der Waals surface area (Å²) in [7, 11) is 0. The van der Waals surface area contributed by atoms with Gasteiger partial charge in [-0.3, -0.25) is 24.3 Å². The van der Waals surface area contributed by atoms with Gasteiger partial charge in [0.25, 0.3) is 5.69 Å². The van der Waals surface area contributed by atoms with Crippen molar-refractivity contribution in [2.24, 2.45) is 0 Å². The summed E-state index contributed by atoms with van der Waals surface area (Å²) >= 11 is 22.1. The Balaban J connectivity index is 0.000000507. The van der Waals surface area contributed by atoms with Crippen molar-refractivity contribution in [3.05, 3.63) is 145 Å². The molecule has 83 heavy (non-hydrogen) atoms. The molecule has 0 atom stereocenters. The molecule has 5 aromatic carbocycles. The molecule has 3 heterocycles. The fourth-order valence-electron chi connectivity index (χ4n) is 7.30. The maximum atomic E-state index is 12.8. The second-order valence-corrected chi connectivity index (χ2v) is 27.1. The van der Waals surface area contributed by atoms with Crippen LogP contribution in [0.2, 0.25) is 5.28 Å². The van der Waals surface area contributed by atoms with E-state index in [1.165, 1.54) is 41.3 Å². The minimum absolute atomic E-state index is 0. The molecule has 0 spiro atoms. The molecule has 7 N–H and O–H groups in total. The van der Waals surface area contributed by atoms with Gasteiger partial charge in [0.2, 0.25) is 17.1 Å². The van der Waals surface area contributed by atoms with E-state index in [1.807, 2.05) is 13.8 Å². The van der Waals surface area contributed by atoms with Crippen molar-refractivity contribution in [1.82, 2.24) is 9.55 Å². The van der Waals surface area contributed by atoms with Crippen LogP contribution in [-0.4, -0.2) is 36.3 Å². The monoisotopic (exact) mass is 1410 g/mol. The van der Waals surface area contributed by atoms with Crippen LogP contribution in [0.1, 0.15) is 88.0 Å². The number of amides is 2. The summed E-state index contributed by atoms with van der Waals surface area (Å²) in [6, 6.07) is 17.4. The fraction of sp³-hybridized carbons (Fsp3) is 0.327. The molecule has 0 saturated carbocycles. The highest BCUT2D eigenvalue weighted by molar-refractivity contribution is 14.1. The Morgan fingerprint density at radius 3 is 1.46 bits per heavy atom. The molecule has 2 aliphatic heterocycles.